The number of pyridine rings is 1. The third-order valence-electron chi connectivity index (χ3n) is 4.23. The van der Waals surface area contributed by atoms with Crippen molar-refractivity contribution in [3.63, 3.8) is 0 Å². The number of rotatable bonds is 3. The minimum atomic E-state index is -0.405. The second-order valence-corrected chi connectivity index (χ2v) is 5.64. The van der Waals surface area contributed by atoms with E-state index in [0.29, 0.717) is 23.0 Å². The summed E-state index contributed by atoms with van der Waals surface area (Å²) in [6.07, 6.45) is 5.20. The number of methoxy groups -OCH3 is 1. The van der Waals surface area contributed by atoms with Crippen LogP contribution in [0.2, 0.25) is 0 Å². The normalized spacial score (nSPS) is 14.5. The number of benzene rings is 1. The fourth-order valence-electron chi connectivity index (χ4n) is 3.09. The summed E-state index contributed by atoms with van der Waals surface area (Å²) in [7, 11) is 1.36. The lowest BCUT2D eigenvalue weighted by molar-refractivity contribution is 0.0603. The number of halogens is 2. The van der Waals surface area contributed by atoms with Gasteiger partial charge in [-0.1, -0.05) is 6.42 Å². The monoisotopic (exact) mass is 372 g/mol. The fourth-order valence-corrected chi connectivity index (χ4v) is 3.09. The molecule has 1 aromatic carbocycles. The topological polar surface area (TPSA) is 62.7 Å². The molecular formula is C17H22Cl2N2O3. The molecule has 1 saturated heterocycles. The third-order valence-corrected chi connectivity index (χ3v) is 4.23. The number of ether oxygens (including phenoxy) is 1. The Morgan fingerprint density at radius 1 is 1.21 bits per heavy atom. The zero-order valence-corrected chi connectivity index (χ0v) is 15.2. The van der Waals surface area contributed by atoms with E-state index in [9.17, 15) is 9.90 Å². The smallest absolute Gasteiger partial charge is 0.338 e. The van der Waals surface area contributed by atoms with E-state index in [-0.39, 0.29) is 30.6 Å². The summed E-state index contributed by atoms with van der Waals surface area (Å²) in [5, 5.41) is 11.0. The molecule has 0 spiro atoms. The Hall–Kier alpha value is -1.56. The van der Waals surface area contributed by atoms with Gasteiger partial charge in [0.2, 0.25) is 0 Å². The molecule has 2 aromatic rings. The maximum Gasteiger partial charge on any atom is 0.338 e. The third kappa shape index (κ3) is 4.09. The Morgan fingerprint density at radius 2 is 1.92 bits per heavy atom. The molecule has 5 nitrogen and oxygen atoms in total. The van der Waals surface area contributed by atoms with Crippen LogP contribution in [0.1, 0.15) is 35.2 Å². The van der Waals surface area contributed by atoms with Crippen LogP contribution in [0.15, 0.2) is 24.4 Å². The minimum absolute atomic E-state index is 0. The molecule has 3 rings (SSSR count). The highest BCUT2D eigenvalue weighted by molar-refractivity contribution is 6.05. The SMILES string of the molecule is COC(=O)c1ccnc2ccc(O)c(CN3CCCCC3)c12.Cl.Cl. The van der Waals surface area contributed by atoms with E-state index < -0.39 is 5.97 Å². The van der Waals surface area contributed by atoms with Crippen LogP contribution in [0.4, 0.5) is 0 Å². The summed E-state index contributed by atoms with van der Waals surface area (Å²) in [5.41, 5.74) is 1.91. The highest BCUT2D eigenvalue weighted by Gasteiger charge is 2.19. The Kier molecular flexibility index (Phi) is 7.73. The number of nitrogens with zero attached hydrogens (tertiary/aromatic N) is 2. The molecule has 1 N–H and O–H groups in total. The van der Waals surface area contributed by atoms with Crippen LogP contribution in [0.25, 0.3) is 10.9 Å². The number of carbonyl (C=O) groups excluding carboxylic acids is 1. The van der Waals surface area contributed by atoms with Crippen LogP contribution in [0.5, 0.6) is 5.75 Å². The first-order chi connectivity index (χ1) is 10.7. The second kappa shape index (κ2) is 9.06. The van der Waals surface area contributed by atoms with E-state index in [1.807, 2.05) is 0 Å². The Morgan fingerprint density at radius 3 is 2.58 bits per heavy atom. The molecule has 0 unspecified atom stereocenters. The molecule has 1 aliphatic heterocycles. The quantitative estimate of drug-likeness (QED) is 0.834. The molecule has 1 aromatic heterocycles. The number of hydrogen-bond donors (Lipinski definition) is 1. The van der Waals surface area contributed by atoms with E-state index in [2.05, 4.69) is 9.88 Å². The summed E-state index contributed by atoms with van der Waals surface area (Å²) in [5.74, 6) is -0.200. The predicted molar refractivity (Wildman–Crippen MR) is 98.4 cm³/mol. The van der Waals surface area contributed by atoms with Gasteiger partial charge in [0, 0.05) is 23.7 Å². The van der Waals surface area contributed by atoms with Gasteiger partial charge < -0.3 is 9.84 Å². The van der Waals surface area contributed by atoms with E-state index in [0.717, 1.165) is 18.7 Å². The zero-order chi connectivity index (χ0) is 15.5. The van der Waals surface area contributed by atoms with Gasteiger partial charge in [0.25, 0.3) is 0 Å². The van der Waals surface area contributed by atoms with Gasteiger partial charge in [0.05, 0.1) is 18.2 Å². The number of phenols is 1. The summed E-state index contributed by atoms with van der Waals surface area (Å²) >= 11 is 0. The highest BCUT2D eigenvalue weighted by Crippen LogP contribution is 2.31. The van der Waals surface area contributed by atoms with Gasteiger partial charge in [-0.3, -0.25) is 9.88 Å². The molecule has 2 heterocycles. The van der Waals surface area contributed by atoms with Gasteiger partial charge in [-0.2, -0.15) is 0 Å². The number of fused-ring (bicyclic) bond motifs is 1. The average Bonchev–Trinajstić information content (AvgIpc) is 2.57. The van der Waals surface area contributed by atoms with Gasteiger partial charge in [0.1, 0.15) is 5.75 Å². The van der Waals surface area contributed by atoms with Crippen molar-refractivity contribution >= 4 is 41.7 Å². The number of aromatic nitrogens is 1. The van der Waals surface area contributed by atoms with Gasteiger partial charge in [0.15, 0.2) is 0 Å². The molecule has 0 radical (unpaired) electrons. The number of carbonyl (C=O) groups is 1. The second-order valence-electron chi connectivity index (χ2n) is 5.64. The van der Waals surface area contributed by atoms with Crippen molar-refractivity contribution in [2.45, 2.75) is 25.8 Å². The Balaban J connectivity index is 0.00000144. The zero-order valence-electron chi connectivity index (χ0n) is 13.5. The largest absolute Gasteiger partial charge is 0.508 e. The van der Waals surface area contributed by atoms with Gasteiger partial charge in [-0.05, 0) is 44.1 Å². The van der Waals surface area contributed by atoms with Crippen LogP contribution in [0.3, 0.4) is 0 Å². The summed E-state index contributed by atoms with van der Waals surface area (Å²) < 4.78 is 4.87. The number of esters is 1. The molecule has 0 atom stereocenters. The molecule has 0 amide bonds. The van der Waals surface area contributed by atoms with E-state index in [1.165, 1.54) is 26.4 Å². The van der Waals surface area contributed by atoms with Crippen molar-refractivity contribution in [1.29, 1.82) is 0 Å². The maximum absolute atomic E-state index is 12.0. The number of hydrogen-bond acceptors (Lipinski definition) is 5. The van der Waals surface area contributed by atoms with Crippen molar-refractivity contribution in [2.24, 2.45) is 0 Å². The first-order valence-electron chi connectivity index (χ1n) is 7.61. The maximum atomic E-state index is 12.0. The molecular weight excluding hydrogens is 351 g/mol. The van der Waals surface area contributed by atoms with Gasteiger partial charge in [-0.15, -0.1) is 24.8 Å². The van der Waals surface area contributed by atoms with Crippen LogP contribution in [-0.4, -0.2) is 41.2 Å². The minimum Gasteiger partial charge on any atom is -0.508 e. The summed E-state index contributed by atoms with van der Waals surface area (Å²) in [4.78, 5) is 18.7. The van der Waals surface area contributed by atoms with E-state index >= 15 is 0 Å². The van der Waals surface area contributed by atoms with Crippen LogP contribution >= 0.6 is 24.8 Å². The van der Waals surface area contributed by atoms with Crippen molar-refractivity contribution in [1.82, 2.24) is 9.88 Å². The predicted octanol–water partition coefficient (Wildman–Crippen LogP) is 3.56. The van der Waals surface area contributed by atoms with Crippen molar-refractivity contribution in [3.8, 4) is 5.75 Å². The molecule has 1 aliphatic rings. The van der Waals surface area contributed by atoms with Crippen molar-refractivity contribution in [2.75, 3.05) is 20.2 Å². The lowest BCUT2D eigenvalue weighted by Gasteiger charge is -2.27. The molecule has 0 bridgehead atoms. The fraction of sp³-hybridized carbons (Fsp3) is 0.412. The van der Waals surface area contributed by atoms with E-state index in [4.69, 9.17) is 4.74 Å². The van der Waals surface area contributed by atoms with Crippen molar-refractivity contribution < 1.29 is 14.6 Å². The molecule has 24 heavy (non-hydrogen) atoms. The lowest BCUT2D eigenvalue weighted by atomic mass is 10.0. The average molecular weight is 373 g/mol. The van der Waals surface area contributed by atoms with E-state index in [1.54, 1.807) is 24.4 Å². The lowest BCUT2D eigenvalue weighted by Crippen LogP contribution is -2.29. The molecule has 0 saturated carbocycles. The highest BCUT2D eigenvalue weighted by atomic mass is 35.5. The standard InChI is InChI=1S/C17H20N2O3.2ClH/c1-22-17(21)12-7-8-18-14-5-6-15(20)13(16(12)14)11-19-9-3-2-4-10-19;;/h5-8,20H,2-4,9-11H2,1H3;2*1H. The number of aromatic hydroxyl groups is 1. The molecule has 7 heteroatoms. The summed E-state index contributed by atoms with van der Waals surface area (Å²) in [6.45, 7) is 2.66. The van der Waals surface area contributed by atoms with Crippen LogP contribution < -0.4 is 0 Å². The summed E-state index contributed by atoms with van der Waals surface area (Å²) in [6, 6.07) is 5.03. The number of likely N-dealkylation sites (tertiary alicyclic amines) is 1. The molecule has 132 valence electrons. The van der Waals surface area contributed by atoms with Gasteiger partial charge >= 0.3 is 5.97 Å². The molecule has 0 aliphatic carbocycles. The van der Waals surface area contributed by atoms with Crippen LogP contribution in [0, 0.1) is 0 Å². The van der Waals surface area contributed by atoms with Gasteiger partial charge in [-0.25, -0.2) is 4.79 Å². The number of piperidine rings is 1. The Labute approximate surface area is 153 Å². The molecule has 1 fully saturated rings. The first-order valence-corrected chi connectivity index (χ1v) is 7.61. The van der Waals surface area contributed by atoms with Crippen molar-refractivity contribution in [3.05, 3.63) is 35.5 Å². The number of phenolic OH excluding ortho intramolecular Hbond substituents is 1. The Bertz CT molecular complexity index is 704. The first kappa shape index (κ1) is 20.5. The van der Waals surface area contributed by atoms with Crippen LogP contribution in [-0.2, 0) is 11.3 Å².